The summed E-state index contributed by atoms with van der Waals surface area (Å²) in [5.74, 6) is 0. The second-order valence-electron chi connectivity index (χ2n) is 3.86. The molecule has 0 aromatic heterocycles. The van der Waals surface area contributed by atoms with Gasteiger partial charge in [-0.25, -0.2) is 4.79 Å². The van der Waals surface area contributed by atoms with Gasteiger partial charge in [-0.2, -0.15) is 0 Å². The summed E-state index contributed by atoms with van der Waals surface area (Å²) in [4.78, 5) is 40.2. The van der Waals surface area contributed by atoms with Crippen LogP contribution in [0, 0.1) is 20.2 Å². The summed E-state index contributed by atoms with van der Waals surface area (Å²) in [6, 6.07) is 0. The maximum atomic E-state index is 11.2. The molecule has 0 aliphatic heterocycles. The average molecular weight is 315 g/mol. The molecule has 0 spiro atoms. The van der Waals surface area contributed by atoms with Gasteiger partial charge in [0.15, 0.2) is 5.56 Å². The Balaban J connectivity index is 2.57. The molecule has 0 heterocycles. The standard InChI is InChI=1S/C8H11ClN2O9/c1-4(9)17-8(12)18-5-2-6(19-10(13)14)7(3-5)20-11(15)16/h4-7H,2-3H2,1H3/t4?,5-,6+,7-. The minimum Gasteiger partial charge on any atom is -0.431 e. The highest BCUT2D eigenvalue weighted by molar-refractivity contribution is 6.19. The molecule has 4 atom stereocenters. The smallest absolute Gasteiger partial charge is 0.431 e. The lowest BCUT2D eigenvalue weighted by Gasteiger charge is -2.14. The van der Waals surface area contributed by atoms with Gasteiger partial charge in [-0.05, 0) is 6.92 Å². The van der Waals surface area contributed by atoms with Gasteiger partial charge >= 0.3 is 6.16 Å². The monoisotopic (exact) mass is 314 g/mol. The third kappa shape index (κ3) is 5.30. The number of carbonyl (C=O) groups excluding carboxylic acids is 1. The van der Waals surface area contributed by atoms with E-state index in [1.807, 2.05) is 0 Å². The Morgan fingerprint density at radius 2 is 1.65 bits per heavy atom. The number of carbonyl (C=O) groups is 1. The van der Waals surface area contributed by atoms with Crippen molar-refractivity contribution in [1.29, 1.82) is 0 Å². The fourth-order valence-electron chi connectivity index (χ4n) is 1.75. The molecule has 0 amide bonds. The number of nitrogens with zero attached hydrogens (tertiary/aromatic N) is 2. The largest absolute Gasteiger partial charge is 0.510 e. The highest BCUT2D eigenvalue weighted by Gasteiger charge is 2.41. The Hall–Kier alpha value is -2.04. The molecule has 1 fully saturated rings. The summed E-state index contributed by atoms with van der Waals surface area (Å²) in [5, 5.41) is 18.3. The van der Waals surface area contributed by atoms with Gasteiger partial charge in [0.2, 0.25) is 0 Å². The zero-order chi connectivity index (χ0) is 15.3. The van der Waals surface area contributed by atoms with Crippen LogP contribution in [0.15, 0.2) is 0 Å². The minimum absolute atomic E-state index is 0.134. The van der Waals surface area contributed by atoms with Crippen molar-refractivity contribution < 1.29 is 34.1 Å². The van der Waals surface area contributed by atoms with E-state index in [2.05, 4.69) is 14.4 Å². The Labute approximate surface area is 116 Å². The van der Waals surface area contributed by atoms with Crippen molar-refractivity contribution in [2.75, 3.05) is 0 Å². The van der Waals surface area contributed by atoms with E-state index in [1.54, 1.807) is 0 Å². The first-order chi connectivity index (χ1) is 9.27. The molecule has 20 heavy (non-hydrogen) atoms. The maximum absolute atomic E-state index is 11.2. The Bertz CT molecular complexity index is 366. The number of rotatable bonds is 6. The number of hydrogen-bond donors (Lipinski definition) is 0. The second kappa shape index (κ2) is 6.93. The molecule has 0 N–H and O–H groups in total. The van der Waals surface area contributed by atoms with Gasteiger partial charge in [-0.3, -0.25) is 0 Å². The van der Waals surface area contributed by atoms with Gasteiger partial charge in [-0.1, -0.05) is 11.6 Å². The van der Waals surface area contributed by atoms with E-state index in [-0.39, 0.29) is 12.8 Å². The average Bonchev–Trinajstić information content (AvgIpc) is 2.56. The van der Waals surface area contributed by atoms with Crippen molar-refractivity contribution in [3.05, 3.63) is 20.2 Å². The topological polar surface area (TPSA) is 140 Å². The maximum Gasteiger partial charge on any atom is 0.510 e. The van der Waals surface area contributed by atoms with Crippen LogP contribution >= 0.6 is 11.6 Å². The van der Waals surface area contributed by atoms with Crippen LogP contribution in [-0.4, -0.2) is 40.2 Å². The molecule has 114 valence electrons. The van der Waals surface area contributed by atoms with Gasteiger partial charge in [0.05, 0.1) is 0 Å². The second-order valence-corrected chi connectivity index (χ2v) is 4.47. The summed E-state index contributed by atoms with van der Waals surface area (Å²) in [7, 11) is 0. The van der Waals surface area contributed by atoms with Gasteiger partial charge in [-0.15, -0.1) is 20.2 Å². The third-order valence-corrected chi connectivity index (χ3v) is 2.46. The van der Waals surface area contributed by atoms with Gasteiger partial charge in [0, 0.05) is 12.8 Å². The molecule has 1 aliphatic carbocycles. The molecule has 12 heteroatoms. The van der Waals surface area contributed by atoms with Crippen molar-refractivity contribution in [2.24, 2.45) is 0 Å². The predicted molar refractivity (Wildman–Crippen MR) is 59.6 cm³/mol. The Kier molecular flexibility index (Phi) is 5.55. The summed E-state index contributed by atoms with van der Waals surface area (Å²) < 4.78 is 9.29. The molecule has 11 nitrogen and oxygen atoms in total. The molecule has 0 aromatic carbocycles. The lowest BCUT2D eigenvalue weighted by atomic mass is 10.3. The molecule has 1 aliphatic rings. The van der Waals surface area contributed by atoms with Crippen LogP contribution in [0.3, 0.4) is 0 Å². The van der Waals surface area contributed by atoms with Crippen LogP contribution in [0.2, 0.25) is 0 Å². The first-order valence-corrected chi connectivity index (χ1v) is 5.85. The van der Waals surface area contributed by atoms with Crippen LogP contribution in [0.1, 0.15) is 19.8 Å². The number of hydrogen-bond acceptors (Lipinski definition) is 9. The molecule has 0 aromatic rings. The van der Waals surface area contributed by atoms with E-state index in [0.29, 0.717) is 0 Å². The molecular formula is C8H11ClN2O9. The van der Waals surface area contributed by atoms with E-state index in [0.717, 1.165) is 0 Å². The van der Waals surface area contributed by atoms with E-state index in [1.165, 1.54) is 6.92 Å². The van der Waals surface area contributed by atoms with E-state index in [4.69, 9.17) is 16.3 Å². The first kappa shape index (κ1) is 16.0. The summed E-state index contributed by atoms with van der Waals surface area (Å²) in [5.41, 5.74) is -0.916. The summed E-state index contributed by atoms with van der Waals surface area (Å²) in [6.45, 7) is 1.38. The van der Waals surface area contributed by atoms with Crippen molar-refractivity contribution >= 4 is 17.8 Å². The highest BCUT2D eigenvalue weighted by atomic mass is 35.5. The van der Waals surface area contributed by atoms with E-state index >= 15 is 0 Å². The fourth-order valence-corrected chi connectivity index (χ4v) is 1.83. The fraction of sp³-hybridized carbons (Fsp3) is 0.875. The summed E-state index contributed by atoms with van der Waals surface area (Å²) >= 11 is 5.40. The van der Waals surface area contributed by atoms with Crippen molar-refractivity contribution in [3.63, 3.8) is 0 Å². The molecule has 0 bridgehead atoms. The van der Waals surface area contributed by atoms with Gasteiger partial charge in [0.1, 0.15) is 18.3 Å². The minimum atomic E-state index is -1.21. The third-order valence-electron chi connectivity index (χ3n) is 2.37. The molecule has 1 unspecified atom stereocenters. The quantitative estimate of drug-likeness (QED) is 0.304. The lowest BCUT2D eigenvalue weighted by molar-refractivity contribution is -0.797. The molecular weight excluding hydrogens is 304 g/mol. The van der Waals surface area contributed by atoms with Crippen molar-refractivity contribution in [3.8, 4) is 0 Å². The van der Waals surface area contributed by atoms with Crippen LogP contribution in [0.5, 0.6) is 0 Å². The molecule has 1 saturated carbocycles. The van der Waals surface area contributed by atoms with Crippen LogP contribution in [-0.2, 0) is 19.1 Å². The van der Waals surface area contributed by atoms with E-state index < -0.39 is 40.2 Å². The SMILES string of the molecule is CC(Cl)OC(=O)O[C@@H]1C[C@H](O[N+](=O)[O-])[C@H](O[N+](=O)[O-])C1. The molecule has 0 radical (unpaired) electrons. The number of halogens is 1. The van der Waals surface area contributed by atoms with Crippen LogP contribution in [0.25, 0.3) is 0 Å². The normalized spacial score (nSPS) is 26.4. The molecule has 0 saturated heterocycles. The Morgan fingerprint density at radius 3 is 2.00 bits per heavy atom. The summed E-state index contributed by atoms with van der Waals surface area (Å²) in [6.07, 6.45) is -4.63. The predicted octanol–water partition coefficient (Wildman–Crippen LogP) is 1.04. The van der Waals surface area contributed by atoms with Gasteiger partial charge in [0.25, 0.3) is 10.2 Å². The lowest BCUT2D eigenvalue weighted by Crippen LogP contribution is -2.30. The zero-order valence-corrected chi connectivity index (χ0v) is 10.9. The highest BCUT2D eigenvalue weighted by Crippen LogP contribution is 2.28. The van der Waals surface area contributed by atoms with Crippen molar-refractivity contribution in [1.82, 2.24) is 0 Å². The Morgan fingerprint density at radius 1 is 1.20 bits per heavy atom. The zero-order valence-electron chi connectivity index (χ0n) is 10.2. The van der Waals surface area contributed by atoms with Crippen LogP contribution < -0.4 is 0 Å². The number of ether oxygens (including phenoxy) is 2. The molecule has 1 rings (SSSR count). The number of alkyl halides is 1. The van der Waals surface area contributed by atoms with Crippen LogP contribution in [0.4, 0.5) is 4.79 Å². The van der Waals surface area contributed by atoms with E-state index in [9.17, 15) is 25.0 Å². The van der Waals surface area contributed by atoms with Gasteiger partial charge < -0.3 is 19.1 Å². The van der Waals surface area contributed by atoms with Crippen molar-refractivity contribution in [2.45, 2.75) is 43.6 Å². The first-order valence-electron chi connectivity index (χ1n) is 5.41.